The molecule has 1 unspecified atom stereocenters. The number of carbonyl (C=O) groups excluding carboxylic acids is 1. The van der Waals surface area contributed by atoms with Gasteiger partial charge in [-0.3, -0.25) is 9.48 Å². The molecule has 0 spiro atoms. The SMILES string of the molecule is CCc1nn(C)cc1C(=O)NC1=C(c2ccc(C#CC(C)(F)F)cc2)CC(C)C=C1. The van der Waals surface area contributed by atoms with Gasteiger partial charge in [0.05, 0.1) is 11.3 Å². The third-order valence-corrected chi connectivity index (χ3v) is 4.84. The van der Waals surface area contributed by atoms with E-state index in [0.717, 1.165) is 35.9 Å². The van der Waals surface area contributed by atoms with Gasteiger partial charge in [0.1, 0.15) is 0 Å². The number of nitrogens with zero attached hydrogens (tertiary/aromatic N) is 2. The van der Waals surface area contributed by atoms with Gasteiger partial charge in [0.15, 0.2) is 0 Å². The first-order valence-corrected chi connectivity index (χ1v) is 9.93. The van der Waals surface area contributed by atoms with E-state index >= 15 is 0 Å². The normalized spacial score (nSPS) is 16.3. The van der Waals surface area contributed by atoms with Crippen molar-refractivity contribution in [3.63, 3.8) is 0 Å². The van der Waals surface area contributed by atoms with Crippen LogP contribution in [0, 0.1) is 17.8 Å². The molecule has 1 N–H and O–H groups in total. The van der Waals surface area contributed by atoms with Crippen LogP contribution in [-0.2, 0) is 13.5 Å². The summed E-state index contributed by atoms with van der Waals surface area (Å²) >= 11 is 0. The van der Waals surface area contributed by atoms with Crippen molar-refractivity contribution in [3.8, 4) is 11.8 Å². The molecule has 156 valence electrons. The fourth-order valence-electron chi connectivity index (χ4n) is 3.36. The lowest BCUT2D eigenvalue weighted by atomic mass is 9.88. The molecule has 1 aromatic heterocycles. The summed E-state index contributed by atoms with van der Waals surface area (Å²) in [5.74, 6) is 1.54. The number of halogens is 2. The van der Waals surface area contributed by atoms with Gasteiger partial charge in [-0.05, 0) is 54.0 Å². The second kappa shape index (κ2) is 8.66. The highest BCUT2D eigenvalue weighted by Gasteiger charge is 2.20. The van der Waals surface area contributed by atoms with Crippen LogP contribution in [0.15, 0.2) is 48.3 Å². The van der Waals surface area contributed by atoms with Crippen molar-refractivity contribution in [3.05, 3.63) is 70.7 Å². The number of nitrogens with one attached hydrogen (secondary N) is 1. The van der Waals surface area contributed by atoms with Crippen LogP contribution in [0.3, 0.4) is 0 Å². The Balaban J connectivity index is 1.90. The van der Waals surface area contributed by atoms with E-state index in [1.165, 1.54) is 0 Å². The van der Waals surface area contributed by atoms with Gasteiger partial charge < -0.3 is 5.32 Å². The summed E-state index contributed by atoms with van der Waals surface area (Å²) in [4.78, 5) is 12.9. The number of hydrogen-bond donors (Lipinski definition) is 1. The van der Waals surface area contributed by atoms with E-state index in [9.17, 15) is 13.6 Å². The molecular formula is C24H25F2N3O. The lowest BCUT2D eigenvalue weighted by Crippen LogP contribution is -2.25. The lowest BCUT2D eigenvalue weighted by Gasteiger charge is -2.21. The zero-order chi connectivity index (χ0) is 21.9. The van der Waals surface area contributed by atoms with Crippen LogP contribution in [0.1, 0.15) is 54.4 Å². The maximum Gasteiger partial charge on any atom is 0.305 e. The molecule has 0 bridgehead atoms. The average Bonchev–Trinajstić information content (AvgIpc) is 3.08. The van der Waals surface area contributed by atoms with E-state index < -0.39 is 5.92 Å². The van der Waals surface area contributed by atoms with Gasteiger partial charge in [-0.2, -0.15) is 13.9 Å². The van der Waals surface area contributed by atoms with E-state index in [-0.39, 0.29) is 5.91 Å². The first kappa shape index (κ1) is 21.5. The van der Waals surface area contributed by atoms with Gasteiger partial charge in [-0.1, -0.05) is 38.0 Å². The van der Waals surface area contributed by atoms with Crippen LogP contribution in [0.2, 0.25) is 0 Å². The van der Waals surface area contributed by atoms with Gasteiger partial charge in [0.2, 0.25) is 0 Å². The summed E-state index contributed by atoms with van der Waals surface area (Å²) in [7, 11) is 1.79. The Kier molecular flexibility index (Phi) is 6.21. The van der Waals surface area contributed by atoms with Crippen molar-refractivity contribution in [2.75, 3.05) is 0 Å². The molecule has 0 radical (unpaired) electrons. The zero-order valence-electron chi connectivity index (χ0n) is 17.6. The number of benzene rings is 1. The highest BCUT2D eigenvalue weighted by Crippen LogP contribution is 2.31. The Hall–Kier alpha value is -3.20. The molecule has 0 fully saturated rings. The molecule has 0 aliphatic heterocycles. The molecule has 1 aliphatic rings. The third kappa shape index (κ3) is 5.24. The van der Waals surface area contributed by atoms with Crippen LogP contribution in [0.25, 0.3) is 5.57 Å². The molecule has 4 nitrogen and oxygen atoms in total. The van der Waals surface area contributed by atoms with Crippen molar-refractivity contribution < 1.29 is 13.6 Å². The largest absolute Gasteiger partial charge is 0.322 e. The van der Waals surface area contributed by atoms with Crippen molar-refractivity contribution in [1.29, 1.82) is 0 Å². The van der Waals surface area contributed by atoms with Gasteiger partial charge >= 0.3 is 5.92 Å². The van der Waals surface area contributed by atoms with Crippen LogP contribution < -0.4 is 5.32 Å². The number of rotatable bonds is 4. The maximum absolute atomic E-state index is 13.0. The predicted molar refractivity (Wildman–Crippen MR) is 114 cm³/mol. The van der Waals surface area contributed by atoms with Gasteiger partial charge in [-0.15, -0.1) is 0 Å². The molecule has 30 heavy (non-hydrogen) atoms. The Morgan fingerprint density at radius 3 is 2.67 bits per heavy atom. The molecule has 3 rings (SSSR count). The first-order valence-electron chi connectivity index (χ1n) is 9.93. The van der Waals surface area contributed by atoms with E-state index in [4.69, 9.17) is 0 Å². The summed E-state index contributed by atoms with van der Waals surface area (Å²) in [5.41, 5.74) is 4.50. The zero-order valence-corrected chi connectivity index (χ0v) is 17.6. The van der Waals surface area contributed by atoms with Gasteiger partial charge in [-0.25, -0.2) is 0 Å². The van der Waals surface area contributed by atoms with Crippen LogP contribution >= 0.6 is 0 Å². The number of aromatic nitrogens is 2. The summed E-state index contributed by atoms with van der Waals surface area (Å²) in [6.07, 6.45) is 7.14. The highest BCUT2D eigenvalue weighted by atomic mass is 19.3. The molecule has 0 saturated heterocycles. The van der Waals surface area contributed by atoms with Crippen molar-refractivity contribution in [2.24, 2.45) is 13.0 Å². The molecule has 6 heteroatoms. The van der Waals surface area contributed by atoms with E-state index in [0.29, 0.717) is 23.5 Å². The Bertz CT molecular complexity index is 1060. The summed E-state index contributed by atoms with van der Waals surface area (Å²) in [6.45, 7) is 4.84. The van der Waals surface area contributed by atoms with E-state index in [1.54, 1.807) is 30.1 Å². The first-order chi connectivity index (χ1) is 14.2. The van der Waals surface area contributed by atoms with Crippen LogP contribution in [-0.4, -0.2) is 21.6 Å². The topological polar surface area (TPSA) is 46.9 Å². The number of aryl methyl sites for hydroxylation is 2. The molecule has 2 aromatic rings. The molecule has 1 heterocycles. The Labute approximate surface area is 175 Å². The van der Waals surface area contributed by atoms with Crippen LogP contribution in [0.5, 0.6) is 0 Å². The number of alkyl halides is 2. The van der Waals surface area contributed by atoms with E-state index in [2.05, 4.69) is 29.3 Å². The fraction of sp³-hybridized carbons (Fsp3) is 0.333. The number of amides is 1. The Morgan fingerprint density at radius 2 is 2.03 bits per heavy atom. The molecule has 1 aliphatic carbocycles. The maximum atomic E-state index is 13.0. The molecular weight excluding hydrogens is 384 g/mol. The predicted octanol–water partition coefficient (Wildman–Crippen LogP) is 4.73. The van der Waals surface area contributed by atoms with E-state index in [1.807, 2.05) is 31.1 Å². The molecule has 1 amide bonds. The summed E-state index contributed by atoms with van der Waals surface area (Å²) in [6, 6.07) is 7.15. The minimum Gasteiger partial charge on any atom is -0.322 e. The minimum atomic E-state index is -3.02. The van der Waals surface area contributed by atoms with Crippen molar-refractivity contribution in [2.45, 2.75) is 39.5 Å². The summed E-state index contributed by atoms with van der Waals surface area (Å²) in [5, 5.41) is 7.36. The number of allylic oxidation sites excluding steroid dienone is 3. The number of carbonyl (C=O) groups is 1. The fourth-order valence-corrected chi connectivity index (χ4v) is 3.36. The summed E-state index contributed by atoms with van der Waals surface area (Å²) < 4.78 is 27.5. The van der Waals surface area contributed by atoms with Gasteiger partial charge in [0, 0.05) is 31.4 Å². The van der Waals surface area contributed by atoms with Crippen LogP contribution in [0.4, 0.5) is 8.78 Å². The quantitative estimate of drug-likeness (QED) is 0.743. The molecule has 1 aromatic carbocycles. The monoisotopic (exact) mass is 409 g/mol. The third-order valence-electron chi connectivity index (χ3n) is 4.84. The Morgan fingerprint density at radius 1 is 1.33 bits per heavy atom. The minimum absolute atomic E-state index is 0.195. The van der Waals surface area contributed by atoms with Gasteiger partial charge in [0.25, 0.3) is 5.91 Å². The second-order valence-electron chi connectivity index (χ2n) is 7.62. The van der Waals surface area contributed by atoms with Crippen molar-refractivity contribution in [1.82, 2.24) is 15.1 Å². The highest BCUT2D eigenvalue weighted by molar-refractivity contribution is 5.97. The molecule has 0 saturated carbocycles. The molecule has 1 atom stereocenters. The average molecular weight is 409 g/mol. The van der Waals surface area contributed by atoms with Crippen molar-refractivity contribution >= 4 is 11.5 Å². The lowest BCUT2D eigenvalue weighted by molar-refractivity contribution is 0.0888. The second-order valence-corrected chi connectivity index (χ2v) is 7.62. The number of hydrogen-bond acceptors (Lipinski definition) is 2. The standard InChI is InChI=1S/C24H25F2N3O/c1-5-21-20(15-29(4)28-21)23(30)27-22-11-6-16(2)14-19(22)18-9-7-17(8-10-18)12-13-24(3,25)26/h6-11,15-16H,5,14H2,1-4H3,(H,27,30). The smallest absolute Gasteiger partial charge is 0.305 e.